The smallest absolute Gasteiger partial charge is 0.338 e. The normalized spacial score (nSPS) is 12.2. The van der Waals surface area contributed by atoms with Crippen molar-refractivity contribution in [2.24, 2.45) is 5.92 Å². The SMILES string of the molecule is CCC(CC)COC(=O)c1cccc2cc(C(C)Nc3ncnc4scnc34)n(-c3ccccc3)c(=O)c12. The number of ether oxygens (including phenoxy) is 1. The highest BCUT2D eigenvalue weighted by Gasteiger charge is 2.22. The standard InChI is InChI=1S/C29H29N5O3S/c1-4-19(5-2)15-37-29(36)22-13-9-10-20-14-23(34(28(35)24(20)22)21-11-7-6-8-12-21)18(3)33-26-25-27(31-16-30-26)38-17-32-25/h6-14,16-19H,4-5,15H2,1-3H3,(H,30,31,33). The molecular formula is C29H29N5O3S. The van der Waals surface area contributed by atoms with Gasteiger partial charge >= 0.3 is 5.97 Å². The number of fused-ring (bicyclic) bond motifs is 2. The molecule has 1 unspecified atom stereocenters. The van der Waals surface area contributed by atoms with E-state index in [0.717, 1.165) is 23.4 Å². The van der Waals surface area contributed by atoms with Gasteiger partial charge in [-0.25, -0.2) is 19.7 Å². The van der Waals surface area contributed by atoms with E-state index >= 15 is 0 Å². The number of pyridine rings is 1. The lowest BCUT2D eigenvalue weighted by atomic mass is 10.0. The van der Waals surface area contributed by atoms with Crippen LogP contribution < -0.4 is 10.9 Å². The summed E-state index contributed by atoms with van der Waals surface area (Å²) in [6, 6.07) is 16.3. The Morgan fingerprint density at radius 1 is 1.05 bits per heavy atom. The van der Waals surface area contributed by atoms with Gasteiger partial charge in [0.2, 0.25) is 0 Å². The van der Waals surface area contributed by atoms with E-state index in [1.54, 1.807) is 22.2 Å². The zero-order valence-corrected chi connectivity index (χ0v) is 22.4. The molecule has 5 rings (SSSR count). The summed E-state index contributed by atoms with van der Waals surface area (Å²) < 4.78 is 7.30. The molecule has 38 heavy (non-hydrogen) atoms. The molecule has 3 aromatic heterocycles. The summed E-state index contributed by atoms with van der Waals surface area (Å²) in [6.45, 7) is 6.46. The number of hydrogen-bond donors (Lipinski definition) is 1. The second kappa shape index (κ2) is 11.1. The number of nitrogens with one attached hydrogen (secondary N) is 1. The number of esters is 1. The van der Waals surface area contributed by atoms with Crippen molar-refractivity contribution >= 4 is 44.2 Å². The number of carbonyl (C=O) groups excluding carboxylic acids is 1. The Balaban J connectivity index is 1.62. The Morgan fingerprint density at radius 3 is 2.61 bits per heavy atom. The van der Waals surface area contributed by atoms with Crippen molar-refractivity contribution in [1.29, 1.82) is 0 Å². The minimum absolute atomic E-state index is 0.273. The third-order valence-corrected chi connectivity index (χ3v) is 7.58. The first-order valence-electron chi connectivity index (χ1n) is 12.7. The van der Waals surface area contributed by atoms with Crippen LogP contribution in [0.15, 0.2) is 71.2 Å². The molecule has 0 saturated carbocycles. The molecule has 0 aliphatic rings. The minimum Gasteiger partial charge on any atom is -0.462 e. The summed E-state index contributed by atoms with van der Waals surface area (Å²) in [4.78, 5) is 41.1. The molecule has 0 bridgehead atoms. The number of benzene rings is 2. The molecule has 0 aliphatic carbocycles. The summed E-state index contributed by atoms with van der Waals surface area (Å²) >= 11 is 1.44. The zero-order valence-electron chi connectivity index (χ0n) is 21.5. The van der Waals surface area contributed by atoms with Crippen LogP contribution >= 0.6 is 11.3 Å². The van der Waals surface area contributed by atoms with Crippen molar-refractivity contribution in [3.8, 4) is 5.69 Å². The van der Waals surface area contributed by atoms with E-state index in [2.05, 4.69) is 34.1 Å². The zero-order chi connectivity index (χ0) is 26.6. The Labute approximate surface area is 224 Å². The monoisotopic (exact) mass is 527 g/mol. The highest BCUT2D eigenvalue weighted by atomic mass is 32.1. The Hall–Kier alpha value is -4.11. The van der Waals surface area contributed by atoms with E-state index < -0.39 is 5.97 Å². The van der Waals surface area contributed by atoms with Gasteiger partial charge in [0.05, 0.1) is 29.1 Å². The Morgan fingerprint density at radius 2 is 1.84 bits per heavy atom. The molecule has 194 valence electrons. The fourth-order valence-corrected chi connectivity index (χ4v) is 5.22. The van der Waals surface area contributed by atoms with Gasteiger partial charge < -0.3 is 10.1 Å². The molecule has 0 amide bonds. The average molecular weight is 528 g/mol. The van der Waals surface area contributed by atoms with Gasteiger partial charge in [0, 0.05) is 11.4 Å². The van der Waals surface area contributed by atoms with Crippen LogP contribution in [0.3, 0.4) is 0 Å². The van der Waals surface area contributed by atoms with Gasteiger partial charge in [-0.2, -0.15) is 0 Å². The van der Waals surface area contributed by atoms with Crippen molar-refractivity contribution in [1.82, 2.24) is 19.5 Å². The first kappa shape index (κ1) is 25.5. The van der Waals surface area contributed by atoms with Crippen molar-refractivity contribution in [3.05, 3.63) is 88.0 Å². The number of thiazole rings is 1. The van der Waals surface area contributed by atoms with Gasteiger partial charge in [0.15, 0.2) is 5.82 Å². The predicted octanol–water partition coefficient (Wildman–Crippen LogP) is 6.16. The minimum atomic E-state index is -0.481. The molecule has 0 fully saturated rings. The first-order valence-corrected chi connectivity index (χ1v) is 13.6. The number of hydrogen-bond acceptors (Lipinski definition) is 8. The predicted molar refractivity (Wildman–Crippen MR) is 151 cm³/mol. The second-order valence-corrected chi connectivity index (χ2v) is 10.0. The van der Waals surface area contributed by atoms with Gasteiger partial charge in [0.25, 0.3) is 5.56 Å². The molecule has 0 radical (unpaired) electrons. The molecule has 9 heteroatoms. The molecular weight excluding hydrogens is 498 g/mol. The first-order chi connectivity index (χ1) is 18.5. The Kier molecular flexibility index (Phi) is 7.46. The van der Waals surface area contributed by atoms with E-state index in [0.29, 0.717) is 40.3 Å². The lowest BCUT2D eigenvalue weighted by molar-refractivity contribution is 0.0435. The van der Waals surface area contributed by atoms with Gasteiger partial charge in [-0.3, -0.25) is 9.36 Å². The fraction of sp³-hybridized carbons (Fsp3) is 0.276. The van der Waals surface area contributed by atoms with Crippen LogP contribution in [0.5, 0.6) is 0 Å². The highest BCUT2D eigenvalue weighted by molar-refractivity contribution is 7.16. The van der Waals surface area contributed by atoms with Gasteiger partial charge in [-0.1, -0.05) is 57.0 Å². The lowest BCUT2D eigenvalue weighted by Gasteiger charge is -2.22. The van der Waals surface area contributed by atoms with E-state index in [-0.39, 0.29) is 17.2 Å². The molecule has 5 aromatic rings. The van der Waals surface area contributed by atoms with Crippen molar-refractivity contribution < 1.29 is 9.53 Å². The number of para-hydroxylation sites is 1. The Bertz CT molecular complexity index is 1640. The molecule has 1 atom stereocenters. The van der Waals surface area contributed by atoms with Gasteiger partial charge in [-0.05, 0) is 42.5 Å². The van der Waals surface area contributed by atoms with Crippen molar-refractivity contribution in [2.45, 2.75) is 39.7 Å². The molecule has 1 N–H and O–H groups in total. The molecule has 0 saturated heterocycles. The number of carbonyl (C=O) groups is 1. The average Bonchev–Trinajstić information content (AvgIpc) is 3.43. The molecule has 8 nitrogen and oxygen atoms in total. The largest absolute Gasteiger partial charge is 0.462 e. The van der Waals surface area contributed by atoms with E-state index in [9.17, 15) is 9.59 Å². The summed E-state index contributed by atoms with van der Waals surface area (Å²) in [5, 5.41) is 4.42. The summed E-state index contributed by atoms with van der Waals surface area (Å²) in [5.41, 5.74) is 3.82. The van der Waals surface area contributed by atoms with Crippen LogP contribution in [0.1, 0.15) is 55.7 Å². The van der Waals surface area contributed by atoms with Crippen LogP contribution in [0.25, 0.3) is 26.8 Å². The van der Waals surface area contributed by atoms with Crippen LogP contribution in [-0.4, -0.2) is 32.1 Å². The van der Waals surface area contributed by atoms with Crippen LogP contribution in [-0.2, 0) is 4.74 Å². The van der Waals surface area contributed by atoms with E-state index in [4.69, 9.17) is 4.74 Å². The molecule has 3 heterocycles. The maximum absolute atomic E-state index is 14.1. The summed E-state index contributed by atoms with van der Waals surface area (Å²) in [7, 11) is 0. The van der Waals surface area contributed by atoms with Crippen LogP contribution in [0.4, 0.5) is 5.82 Å². The van der Waals surface area contributed by atoms with Gasteiger partial charge in [0.1, 0.15) is 16.7 Å². The number of anilines is 1. The van der Waals surface area contributed by atoms with Crippen molar-refractivity contribution in [3.63, 3.8) is 0 Å². The molecule has 2 aromatic carbocycles. The third-order valence-electron chi connectivity index (χ3n) is 6.85. The van der Waals surface area contributed by atoms with Crippen LogP contribution in [0.2, 0.25) is 0 Å². The number of nitrogens with zero attached hydrogens (tertiary/aromatic N) is 4. The molecule has 0 spiro atoms. The van der Waals surface area contributed by atoms with Crippen molar-refractivity contribution in [2.75, 3.05) is 11.9 Å². The fourth-order valence-electron chi connectivity index (χ4n) is 4.59. The lowest BCUT2D eigenvalue weighted by Crippen LogP contribution is -2.27. The van der Waals surface area contributed by atoms with Crippen LogP contribution in [0, 0.1) is 5.92 Å². The highest BCUT2D eigenvalue weighted by Crippen LogP contribution is 2.28. The van der Waals surface area contributed by atoms with Gasteiger partial charge in [-0.15, -0.1) is 11.3 Å². The quantitative estimate of drug-likeness (QED) is 0.229. The third kappa shape index (κ3) is 4.89. The maximum atomic E-state index is 14.1. The second-order valence-electron chi connectivity index (χ2n) is 9.19. The topological polar surface area (TPSA) is 99.0 Å². The van der Waals surface area contributed by atoms with E-state index in [1.165, 1.54) is 17.7 Å². The maximum Gasteiger partial charge on any atom is 0.338 e. The summed E-state index contributed by atoms with van der Waals surface area (Å²) in [5.74, 6) is 0.402. The summed E-state index contributed by atoms with van der Waals surface area (Å²) in [6.07, 6.45) is 3.35. The number of aromatic nitrogens is 4. The molecule has 0 aliphatic heterocycles. The number of rotatable bonds is 9. The van der Waals surface area contributed by atoms with E-state index in [1.807, 2.05) is 49.4 Å².